The standard InChI is InChI=1S/C26H24ClN5O3/c1-2-3-22(33)32-13-10-18(32)15-35-21-14-28-11-8-19(21)24-25(30-17-6-4-16(27)5-7-17)23-20(31-24)9-12-29-26(23)34/h4-8,11,14,18,30-31H,9-10,12-13,15H2,1H3,(H,29,34)/t18-/m1/s1. The summed E-state index contributed by atoms with van der Waals surface area (Å²) in [5.74, 6) is 5.48. The molecule has 0 bridgehead atoms. The summed E-state index contributed by atoms with van der Waals surface area (Å²) >= 11 is 6.05. The number of H-pyrrole nitrogens is 1. The molecule has 35 heavy (non-hydrogen) atoms. The summed E-state index contributed by atoms with van der Waals surface area (Å²) < 4.78 is 6.16. The minimum absolute atomic E-state index is 0.0364. The Bertz CT molecular complexity index is 1340. The number of likely N-dealkylation sites (tertiary alicyclic amines) is 1. The van der Waals surface area contributed by atoms with Gasteiger partial charge in [0.1, 0.15) is 12.4 Å². The summed E-state index contributed by atoms with van der Waals surface area (Å²) in [4.78, 5) is 34.4. The van der Waals surface area contributed by atoms with Gasteiger partial charge in [-0.25, -0.2) is 0 Å². The van der Waals surface area contributed by atoms with Crippen molar-refractivity contribution in [3.63, 3.8) is 0 Å². The summed E-state index contributed by atoms with van der Waals surface area (Å²) in [6.07, 6.45) is 4.88. The van der Waals surface area contributed by atoms with Crippen molar-refractivity contribution in [1.29, 1.82) is 0 Å². The predicted octanol–water partition coefficient (Wildman–Crippen LogP) is 3.76. The van der Waals surface area contributed by atoms with E-state index >= 15 is 0 Å². The van der Waals surface area contributed by atoms with E-state index < -0.39 is 0 Å². The number of carbonyl (C=O) groups excluding carboxylic acids is 2. The zero-order valence-corrected chi connectivity index (χ0v) is 19.9. The van der Waals surface area contributed by atoms with Gasteiger partial charge in [0.25, 0.3) is 11.8 Å². The first kappa shape index (κ1) is 22.8. The van der Waals surface area contributed by atoms with E-state index in [9.17, 15) is 9.59 Å². The Morgan fingerprint density at radius 1 is 1.31 bits per heavy atom. The van der Waals surface area contributed by atoms with Crippen molar-refractivity contribution in [3.05, 3.63) is 59.0 Å². The maximum Gasteiger partial charge on any atom is 0.298 e. The fraction of sp³-hybridized carbons (Fsp3) is 0.269. The van der Waals surface area contributed by atoms with Crippen LogP contribution in [0.2, 0.25) is 5.02 Å². The van der Waals surface area contributed by atoms with Gasteiger partial charge in [-0.05, 0) is 49.6 Å². The van der Waals surface area contributed by atoms with Gasteiger partial charge in [0.15, 0.2) is 0 Å². The third-order valence-electron chi connectivity index (χ3n) is 6.20. The Balaban J connectivity index is 1.47. The van der Waals surface area contributed by atoms with Gasteiger partial charge in [-0.2, -0.15) is 0 Å². The SMILES string of the molecule is CC#CC(=O)N1CC[C@@H]1COc1cnccc1-c1[nH]c2c(c1Nc1ccc(Cl)cc1)C(=O)NCC2. The van der Waals surface area contributed by atoms with Gasteiger partial charge in [-0.3, -0.25) is 14.6 Å². The number of hydrogen-bond acceptors (Lipinski definition) is 5. The van der Waals surface area contributed by atoms with Crippen LogP contribution < -0.4 is 15.4 Å². The number of nitrogens with zero attached hydrogens (tertiary/aromatic N) is 2. The van der Waals surface area contributed by atoms with Crippen LogP contribution in [-0.4, -0.2) is 52.4 Å². The van der Waals surface area contributed by atoms with Gasteiger partial charge < -0.3 is 25.3 Å². The molecule has 0 aliphatic carbocycles. The number of pyridine rings is 1. The molecule has 8 nitrogen and oxygen atoms in total. The number of carbonyl (C=O) groups is 2. The molecule has 1 saturated heterocycles. The lowest BCUT2D eigenvalue weighted by Crippen LogP contribution is -2.53. The van der Waals surface area contributed by atoms with Gasteiger partial charge in [-0.1, -0.05) is 17.5 Å². The molecule has 9 heteroatoms. The van der Waals surface area contributed by atoms with Crippen LogP contribution in [0.25, 0.3) is 11.3 Å². The second-order valence-corrected chi connectivity index (χ2v) is 8.80. The number of benzene rings is 1. The molecule has 1 atom stereocenters. The molecule has 0 unspecified atom stereocenters. The van der Waals surface area contributed by atoms with Crippen molar-refractivity contribution >= 4 is 34.8 Å². The van der Waals surface area contributed by atoms with E-state index in [4.69, 9.17) is 16.3 Å². The number of ether oxygens (including phenoxy) is 1. The van der Waals surface area contributed by atoms with E-state index in [0.717, 1.165) is 29.1 Å². The minimum atomic E-state index is -0.184. The maximum atomic E-state index is 12.8. The monoisotopic (exact) mass is 489 g/mol. The molecule has 3 N–H and O–H groups in total. The number of nitrogens with one attached hydrogen (secondary N) is 3. The van der Waals surface area contributed by atoms with Crippen LogP contribution in [0.4, 0.5) is 11.4 Å². The first-order chi connectivity index (χ1) is 17.0. The zero-order chi connectivity index (χ0) is 24.4. The molecule has 5 rings (SSSR count). The van der Waals surface area contributed by atoms with Crippen LogP contribution in [0.15, 0.2) is 42.7 Å². The Hall–Kier alpha value is -3.96. The molecule has 2 aliphatic rings. The highest BCUT2D eigenvalue weighted by Gasteiger charge is 2.33. The van der Waals surface area contributed by atoms with Crippen LogP contribution in [-0.2, 0) is 11.2 Å². The second kappa shape index (κ2) is 9.72. The minimum Gasteiger partial charge on any atom is -0.489 e. The van der Waals surface area contributed by atoms with E-state index in [0.29, 0.717) is 48.1 Å². The third kappa shape index (κ3) is 4.55. The molecule has 1 fully saturated rings. The average molecular weight is 490 g/mol. The summed E-state index contributed by atoms with van der Waals surface area (Å²) in [5, 5.41) is 6.94. The molecule has 2 aliphatic heterocycles. The fourth-order valence-electron chi connectivity index (χ4n) is 4.33. The highest BCUT2D eigenvalue weighted by Crippen LogP contribution is 2.40. The van der Waals surface area contributed by atoms with Crippen molar-refractivity contribution in [2.45, 2.75) is 25.8 Å². The van der Waals surface area contributed by atoms with Gasteiger partial charge in [0.05, 0.1) is 29.2 Å². The first-order valence-corrected chi connectivity index (χ1v) is 11.8. The Labute approximate surface area is 208 Å². The van der Waals surface area contributed by atoms with E-state index in [2.05, 4.69) is 32.4 Å². The summed E-state index contributed by atoms with van der Waals surface area (Å²) in [5.41, 5.74) is 4.40. The number of rotatable bonds is 6. The number of aromatic amines is 1. The molecular weight excluding hydrogens is 466 g/mol. The molecule has 0 saturated carbocycles. The smallest absolute Gasteiger partial charge is 0.298 e. The number of anilines is 2. The van der Waals surface area contributed by atoms with Crippen LogP contribution in [0, 0.1) is 11.8 Å². The summed E-state index contributed by atoms with van der Waals surface area (Å²) in [6, 6.07) is 9.11. The number of fused-ring (bicyclic) bond motifs is 1. The molecule has 2 aromatic heterocycles. The van der Waals surface area contributed by atoms with E-state index in [1.807, 2.05) is 18.2 Å². The average Bonchev–Trinajstić information content (AvgIpc) is 3.19. The van der Waals surface area contributed by atoms with Gasteiger partial charge in [0, 0.05) is 47.7 Å². The summed E-state index contributed by atoms with van der Waals surface area (Å²) in [6.45, 7) is 3.22. The largest absolute Gasteiger partial charge is 0.489 e. The highest BCUT2D eigenvalue weighted by atomic mass is 35.5. The highest BCUT2D eigenvalue weighted by molar-refractivity contribution is 6.30. The predicted molar refractivity (Wildman–Crippen MR) is 134 cm³/mol. The van der Waals surface area contributed by atoms with Crippen molar-refractivity contribution in [3.8, 4) is 28.8 Å². The molecule has 4 heterocycles. The van der Waals surface area contributed by atoms with Gasteiger partial charge in [-0.15, -0.1) is 0 Å². The Kier molecular flexibility index (Phi) is 6.34. The van der Waals surface area contributed by atoms with Gasteiger partial charge in [0.2, 0.25) is 0 Å². The quantitative estimate of drug-likeness (QED) is 0.458. The number of aromatic nitrogens is 2. The molecule has 0 radical (unpaired) electrons. The topological polar surface area (TPSA) is 99.3 Å². The molecule has 1 aromatic carbocycles. The molecule has 178 valence electrons. The number of halogens is 1. The fourth-order valence-corrected chi connectivity index (χ4v) is 4.46. The van der Waals surface area contributed by atoms with Crippen LogP contribution in [0.3, 0.4) is 0 Å². The van der Waals surface area contributed by atoms with Crippen LogP contribution in [0.1, 0.15) is 29.4 Å². The number of hydrogen-bond donors (Lipinski definition) is 3. The lowest BCUT2D eigenvalue weighted by atomic mass is 10.0. The molecule has 2 amide bonds. The van der Waals surface area contributed by atoms with Crippen molar-refractivity contribution in [1.82, 2.24) is 20.2 Å². The zero-order valence-electron chi connectivity index (χ0n) is 19.2. The second-order valence-electron chi connectivity index (χ2n) is 8.37. The van der Waals surface area contributed by atoms with Crippen LogP contribution in [0.5, 0.6) is 5.75 Å². The number of amides is 2. The maximum absolute atomic E-state index is 12.8. The van der Waals surface area contributed by atoms with Crippen molar-refractivity contribution in [2.24, 2.45) is 0 Å². The van der Waals surface area contributed by atoms with E-state index in [1.165, 1.54) is 0 Å². The first-order valence-electron chi connectivity index (χ1n) is 11.4. The van der Waals surface area contributed by atoms with E-state index in [-0.39, 0.29) is 17.9 Å². The van der Waals surface area contributed by atoms with E-state index in [1.54, 1.807) is 36.4 Å². The van der Waals surface area contributed by atoms with Crippen molar-refractivity contribution < 1.29 is 14.3 Å². The van der Waals surface area contributed by atoms with Gasteiger partial charge >= 0.3 is 0 Å². The molecular formula is C26H24ClN5O3. The Morgan fingerprint density at radius 2 is 2.14 bits per heavy atom. The normalized spacial score (nSPS) is 16.3. The molecule has 3 aromatic rings. The lowest BCUT2D eigenvalue weighted by molar-refractivity contribution is -0.133. The lowest BCUT2D eigenvalue weighted by Gasteiger charge is -2.39. The third-order valence-corrected chi connectivity index (χ3v) is 6.45. The van der Waals surface area contributed by atoms with Crippen molar-refractivity contribution in [2.75, 3.05) is 25.0 Å². The summed E-state index contributed by atoms with van der Waals surface area (Å²) in [7, 11) is 0. The molecule has 0 spiro atoms. The Morgan fingerprint density at radius 3 is 2.89 bits per heavy atom. The van der Waals surface area contributed by atoms with Crippen LogP contribution >= 0.6 is 11.6 Å².